The molecule has 10 heteroatoms. The third-order valence-corrected chi connectivity index (χ3v) is 4.75. The number of amides is 1. The Morgan fingerprint density at radius 3 is 2.57 bits per heavy atom. The summed E-state index contributed by atoms with van der Waals surface area (Å²) in [5.74, 6) is -1.33. The van der Waals surface area contributed by atoms with Crippen LogP contribution in [0.3, 0.4) is 0 Å². The lowest BCUT2D eigenvalue weighted by Crippen LogP contribution is -2.15. The maximum absolute atomic E-state index is 13.6. The molecule has 0 saturated heterocycles. The molecule has 0 saturated carbocycles. The summed E-state index contributed by atoms with van der Waals surface area (Å²) in [5.41, 5.74) is 5.48. The van der Waals surface area contributed by atoms with E-state index in [1.54, 1.807) is 12.1 Å². The molecule has 0 aliphatic rings. The molecule has 140 valence electrons. The first kappa shape index (κ1) is 18.1. The number of fused-ring (bicyclic) bond motifs is 1. The topological polar surface area (TPSA) is 107 Å². The van der Waals surface area contributed by atoms with Crippen LogP contribution in [-0.2, 0) is 0 Å². The van der Waals surface area contributed by atoms with Gasteiger partial charge in [0.05, 0.1) is 15.7 Å². The number of aromatic nitrogens is 4. The van der Waals surface area contributed by atoms with Gasteiger partial charge in [-0.2, -0.15) is 0 Å². The predicted molar refractivity (Wildman–Crippen MR) is 103 cm³/mol. The van der Waals surface area contributed by atoms with Crippen LogP contribution in [-0.4, -0.2) is 25.4 Å². The third kappa shape index (κ3) is 3.02. The number of rotatable bonds is 3. The lowest BCUT2D eigenvalue weighted by molar-refractivity contribution is 0.0997. The van der Waals surface area contributed by atoms with E-state index in [0.29, 0.717) is 16.3 Å². The number of halogens is 3. The van der Waals surface area contributed by atoms with E-state index in [1.165, 1.54) is 34.9 Å². The smallest absolute Gasteiger partial charge is 0.332 e. The minimum absolute atomic E-state index is 0.0358. The van der Waals surface area contributed by atoms with Gasteiger partial charge in [0.1, 0.15) is 11.3 Å². The van der Waals surface area contributed by atoms with Gasteiger partial charge in [-0.3, -0.25) is 4.79 Å². The summed E-state index contributed by atoms with van der Waals surface area (Å²) in [5, 5.41) is 0.543. The highest BCUT2D eigenvalue weighted by Gasteiger charge is 2.20. The van der Waals surface area contributed by atoms with Crippen LogP contribution in [0.4, 0.5) is 4.39 Å². The number of benzene rings is 2. The molecule has 0 aliphatic heterocycles. The monoisotopic (exact) mass is 417 g/mol. The number of carbonyl (C=O) groups excluding carboxylic acids is 1. The molecule has 28 heavy (non-hydrogen) atoms. The molecular formula is C18H10Cl2FN5O2. The second-order valence-corrected chi connectivity index (χ2v) is 6.65. The summed E-state index contributed by atoms with van der Waals surface area (Å²) < 4.78 is 14.8. The Morgan fingerprint density at radius 2 is 1.89 bits per heavy atom. The lowest BCUT2D eigenvalue weighted by Gasteiger charge is -2.07. The van der Waals surface area contributed by atoms with Gasteiger partial charge in [0.25, 0.3) is 5.91 Å². The van der Waals surface area contributed by atoms with Gasteiger partial charge in [-0.1, -0.05) is 35.3 Å². The Morgan fingerprint density at radius 1 is 1.11 bits per heavy atom. The molecule has 7 nitrogen and oxygen atoms in total. The van der Waals surface area contributed by atoms with Crippen molar-refractivity contribution in [3.63, 3.8) is 0 Å². The Hall–Kier alpha value is -3.23. The number of imidazole rings is 1. The van der Waals surface area contributed by atoms with Crippen molar-refractivity contribution < 1.29 is 9.18 Å². The highest BCUT2D eigenvalue weighted by atomic mass is 35.5. The third-order valence-electron chi connectivity index (χ3n) is 4.01. The van der Waals surface area contributed by atoms with Crippen molar-refractivity contribution in [2.75, 3.05) is 0 Å². The number of nitrogens with one attached hydrogen (secondary N) is 1. The van der Waals surface area contributed by atoms with Crippen LogP contribution in [0.1, 0.15) is 10.5 Å². The van der Waals surface area contributed by atoms with E-state index >= 15 is 0 Å². The molecule has 0 aliphatic carbocycles. The van der Waals surface area contributed by atoms with E-state index in [4.69, 9.17) is 28.9 Å². The number of nitrogens with two attached hydrogens (primary N) is 1. The van der Waals surface area contributed by atoms with E-state index < -0.39 is 17.4 Å². The summed E-state index contributed by atoms with van der Waals surface area (Å²) in [6.45, 7) is 0. The van der Waals surface area contributed by atoms with E-state index in [-0.39, 0.29) is 27.7 Å². The average molecular weight is 418 g/mol. The number of hydrogen-bond donors (Lipinski definition) is 2. The van der Waals surface area contributed by atoms with Crippen molar-refractivity contribution in [3.05, 3.63) is 74.5 Å². The second-order valence-electron chi connectivity index (χ2n) is 5.83. The Kier molecular flexibility index (Phi) is 4.37. The van der Waals surface area contributed by atoms with Crippen LogP contribution in [0.25, 0.3) is 28.2 Å². The number of primary amides is 1. The molecule has 0 fully saturated rings. The molecule has 4 rings (SSSR count). The summed E-state index contributed by atoms with van der Waals surface area (Å²) in [4.78, 5) is 35.5. The molecule has 3 N–H and O–H groups in total. The first-order valence-electron chi connectivity index (χ1n) is 7.89. The number of hydrogen-bond acceptors (Lipinski definition) is 4. The fourth-order valence-corrected chi connectivity index (χ4v) is 3.08. The van der Waals surface area contributed by atoms with Gasteiger partial charge >= 0.3 is 5.69 Å². The van der Waals surface area contributed by atoms with Crippen LogP contribution in [0.2, 0.25) is 10.0 Å². The highest BCUT2D eigenvalue weighted by molar-refractivity contribution is 6.42. The summed E-state index contributed by atoms with van der Waals surface area (Å²) in [7, 11) is 0. The van der Waals surface area contributed by atoms with Gasteiger partial charge in [-0.15, -0.1) is 0 Å². The van der Waals surface area contributed by atoms with Crippen LogP contribution in [0.5, 0.6) is 0 Å². The highest BCUT2D eigenvalue weighted by Crippen LogP contribution is 2.26. The van der Waals surface area contributed by atoms with Crippen LogP contribution >= 0.6 is 23.2 Å². The van der Waals surface area contributed by atoms with Crippen molar-refractivity contribution in [1.29, 1.82) is 0 Å². The van der Waals surface area contributed by atoms with Gasteiger partial charge in [0, 0.05) is 5.56 Å². The largest absolute Gasteiger partial charge is 0.364 e. The zero-order chi connectivity index (χ0) is 20.0. The number of carbonyl (C=O) groups is 1. The predicted octanol–water partition coefficient (Wildman–Crippen LogP) is 3.32. The van der Waals surface area contributed by atoms with Crippen molar-refractivity contribution in [3.8, 4) is 17.1 Å². The van der Waals surface area contributed by atoms with Crippen molar-refractivity contribution >= 4 is 40.3 Å². The quantitative estimate of drug-likeness (QED) is 0.532. The molecule has 2 aromatic heterocycles. The van der Waals surface area contributed by atoms with Crippen LogP contribution < -0.4 is 11.4 Å². The molecule has 0 unspecified atom stereocenters. The van der Waals surface area contributed by atoms with Crippen molar-refractivity contribution in [2.24, 2.45) is 5.73 Å². The zero-order valence-corrected chi connectivity index (χ0v) is 15.4. The first-order chi connectivity index (χ1) is 13.3. The zero-order valence-electron chi connectivity index (χ0n) is 13.9. The minimum Gasteiger partial charge on any atom is -0.364 e. The molecule has 0 atom stereocenters. The van der Waals surface area contributed by atoms with E-state index in [1.807, 2.05) is 0 Å². The standard InChI is InChI=1S/C18H10Cl2FN5O2/c19-11-5-4-10(7-12(11)20)26-17-14(24-18(26)28)13(15(22)27)23-16(25-17)8-2-1-3-9(21)6-8/h1-7H,(H2,22,27)(H,24,28). The molecule has 0 radical (unpaired) electrons. The molecular weight excluding hydrogens is 408 g/mol. The summed E-state index contributed by atoms with van der Waals surface area (Å²) >= 11 is 12.0. The fourth-order valence-electron chi connectivity index (χ4n) is 2.78. The fraction of sp³-hybridized carbons (Fsp3) is 0. The summed E-state index contributed by atoms with van der Waals surface area (Å²) in [6.07, 6.45) is 0. The maximum Gasteiger partial charge on any atom is 0.332 e. The Balaban J connectivity index is 2.07. The molecule has 2 aromatic carbocycles. The Bertz CT molecular complexity index is 1320. The van der Waals surface area contributed by atoms with Gasteiger partial charge in [-0.05, 0) is 30.3 Å². The van der Waals surface area contributed by atoms with Crippen LogP contribution in [0.15, 0.2) is 47.3 Å². The molecule has 0 spiro atoms. The number of aromatic amines is 1. The Labute approximate surface area is 166 Å². The lowest BCUT2D eigenvalue weighted by atomic mass is 10.2. The maximum atomic E-state index is 13.6. The van der Waals surface area contributed by atoms with E-state index in [2.05, 4.69) is 15.0 Å². The van der Waals surface area contributed by atoms with Crippen molar-refractivity contribution in [2.45, 2.75) is 0 Å². The van der Waals surface area contributed by atoms with E-state index in [0.717, 1.165) is 0 Å². The van der Waals surface area contributed by atoms with Gasteiger partial charge in [0.2, 0.25) is 0 Å². The summed E-state index contributed by atoms with van der Waals surface area (Å²) in [6, 6.07) is 10.1. The molecule has 1 amide bonds. The molecule has 2 heterocycles. The van der Waals surface area contributed by atoms with E-state index in [9.17, 15) is 14.0 Å². The second kappa shape index (κ2) is 6.74. The molecule has 4 aromatic rings. The van der Waals surface area contributed by atoms with Gasteiger partial charge in [-0.25, -0.2) is 23.7 Å². The first-order valence-corrected chi connectivity index (χ1v) is 8.64. The van der Waals surface area contributed by atoms with Gasteiger partial charge < -0.3 is 10.7 Å². The van der Waals surface area contributed by atoms with Gasteiger partial charge in [0.15, 0.2) is 17.2 Å². The minimum atomic E-state index is -0.868. The van der Waals surface area contributed by atoms with Crippen molar-refractivity contribution in [1.82, 2.24) is 19.5 Å². The number of H-pyrrole nitrogens is 1. The normalized spacial score (nSPS) is 11.1. The SMILES string of the molecule is NC(=O)c1nc(-c2cccc(F)c2)nc2c1[nH]c(=O)n2-c1ccc(Cl)c(Cl)c1. The molecule has 0 bridgehead atoms. The average Bonchev–Trinajstić information content (AvgIpc) is 2.98. The van der Waals surface area contributed by atoms with Crippen LogP contribution in [0, 0.1) is 5.82 Å². The number of nitrogens with zero attached hydrogens (tertiary/aromatic N) is 3.